The van der Waals surface area contributed by atoms with Gasteiger partial charge in [-0.25, -0.2) is 14.9 Å². The number of hydroxylamine groups is 1. The highest BCUT2D eigenvalue weighted by Crippen LogP contribution is 1.96. The van der Waals surface area contributed by atoms with E-state index >= 15 is 0 Å². The van der Waals surface area contributed by atoms with Crippen molar-refractivity contribution in [3.63, 3.8) is 0 Å². The molecule has 0 saturated carbocycles. The van der Waals surface area contributed by atoms with E-state index in [9.17, 15) is 9.18 Å². The summed E-state index contributed by atoms with van der Waals surface area (Å²) in [5.41, 5.74) is 1.34. The summed E-state index contributed by atoms with van der Waals surface area (Å²) in [6.07, 6.45) is 0.893. The number of aromatic nitrogens is 1. The van der Waals surface area contributed by atoms with E-state index in [-0.39, 0.29) is 5.69 Å². The Morgan fingerprint density at radius 2 is 2.36 bits per heavy atom. The lowest BCUT2D eigenvalue weighted by atomic mass is 10.3. The van der Waals surface area contributed by atoms with Crippen molar-refractivity contribution in [2.75, 3.05) is 0 Å². The molecule has 1 aromatic heterocycles. The van der Waals surface area contributed by atoms with Crippen LogP contribution in [-0.4, -0.2) is 16.1 Å². The van der Waals surface area contributed by atoms with Crippen molar-refractivity contribution in [3.8, 4) is 0 Å². The molecule has 2 N–H and O–H groups in total. The molecule has 0 aromatic carbocycles. The van der Waals surface area contributed by atoms with Crippen LogP contribution in [0.5, 0.6) is 0 Å². The molecule has 0 aliphatic rings. The second kappa shape index (κ2) is 3.07. The SMILES string of the molecule is O=C(NO)c1ccc(F)cn1. The van der Waals surface area contributed by atoms with E-state index in [1.54, 1.807) is 0 Å². The van der Waals surface area contributed by atoms with Crippen molar-refractivity contribution in [1.82, 2.24) is 10.5 Å². The molecule has 5 heteroatoms. The molecule has 0 atom stereocenters. The van der Waals surface area contributed by atoms with Crippen molar-refractivity contribution in [3.05, 3.63) is 29.8 Å². The van der Waals surface area contributed by atoms with E-state index in [1.165, 1.54) is 11.5 Å². The molecule has 11 heavy (non-hydrogen) atoms. The van der Waals surface area contributed by atoms with Gasteiger partial charge in [0.1, 0.15) is 11.5 Å². The summed E-state index contributed by atoms with van der Waals surface area (Å²) in [6, 6.07) is 2.25. The molecule has 1 amide bonds. The summed E-state index contributed by atoms with van der Waals surface area (Å²) in [7, 11) is 0. The summed E-state index contributed by atoms with van der Waals surface area (Å²) in [5, 5.41) is 8.12. The van der Waals surface area contributed by atoms with Crippen LogP contribution < -0.4 is 5.48 Å². The minimum Gasteiger partial charge on any atom is -0.288 e. The second-order valence-electron chi connectivity index (χ2n) is 1.80. The van der Waals surface area contributed by atoms with E-state index in [1.807, 2.05) is 0 Å². The number of carbonyl (C=O) groups excluding carboxylic acids is 1. The Morgan fingerprint density at radius 1 is 1.64 bits per heavy atom. The molecule has 58 valence electrons. The maximum absolute atomic E-state index is 12.2. The summed E-state index contributed by atoms with van der Waals surface area (Å²) < 4.78 is 12.2. The third-order valence-corrected chi connectivity index (χ3v) is 1.06. The van der Waals surface area contributed by atoms with E-state index in [2.05, 4.69) is 4.98 Å². The van der Waals surface area contributed by atoms with Gasteiger partial charge in [0.25, 0.3) is 5.91 Å². The molecule has 0 aliphatic heterocycles. The van der Waals surface area contributed by atoms with E-state index in [0.717, 1.165) is 12.3 Å². The van der Waals surface area contributed by atoms with Gasteiger partial charge >= 0.3 is 0 Å². The average molecular weight is 156 g/mol. The van der Waals surface area contributed by atoms with Crippen molar-refractivity contribution in [2.24, 2.45) is 0 Å². The highest BCUT2D eigenvalue weighted by molar-refractivity contribution is 5.91. The zero-order valence-electron chi connectivity index (χ0n) is 5.41. The van der Waals surface area contributed by atoms with Crippen molar-refractivity contribution >= 4 is 5.91 Å². The van der Waals surface area contributed by atoms with Gasteiger partial charge in [-0.05, 0) is 12.1 Å². The Morgan fingerprint density at radius 3 is 2.82 bits per heavy atom. The molecule has 0 unspecified atom stereocenters. The lowest BCUT2D eigenvalue weighted by Crippen LogP contribution is -2.19. The molecule has 1 heterocycles. The van der Waals surface area contributed by atoms with E-state index < -0.39 is 11.7 Å². The van der Waals surface area contributed by atoms with Gasteiger partial charge in [-0.2, -0.15) is 0 Å². The van der Waals surface area contributed by atoms with Crippen LogP contribution >= 0.6 is 0 Å². The van der Waals surface area contributed by atoms with Crippen LogP contribution in [0.15, 0.2) is 18.3 Å². The van der Waals surface area contributed by atoms with Crippen molar-refractivity contribution < 1.29 is 14.4 Å². The predicted molar refractivity (Wildman–Crippen MR) is 33.4 cm³/mol. The Labute approximate surface area is 61.6 Å². The first-order valence-corrected chi connectivity index (χ1v) is 2.80. The van der Waals surface area contributed by atoms with Crippen LogP contribution in [0.1, 0.15) is 10.5 Å². The number of amides is 1. The molecule has 4 nitrogen and oxygen atoms in total. The van der Waals surface area contributed by atoms with Crippen LogP contribution in [0.4, 0.5) is 4.39 Å². The summed E-state index contributed by atoms with van der Waals surface area (Å²) >= 11 is 0. The van der Waals surface area contributed by atoms with Crippen LogP contribution in [0, 0.1) is 5.82 Å². The van der Waals surface area contributed by atoms with Gasteiger partial charge in [-0.3, -0.25) is 10.0 Å². The third kappa shape index (κ3) is 1.71. The zero-order valence-corrected chi connectivity index (χ0v) is 5.41. The Hall–Kier alpha value is -1.49. The first-order valence-electron chi connectivity index (χ1n) is 2.80. The molecule has 0 bridgehead atoms. The number of carbonyl (C=O) groups is 1. The lowest BCUT2D eigenvalue weighted by Gasteiger charge is -1.95. The maximum atomic E-state index is 12.2. The summed E-state index contributed by atoms with van der Waals surface area (Å²) in [5.74, 6) is -1.29. The fraction of sp³-hybridized carbons (Fsp3) is 0. The zero-order chi connectivity index (χ0) is 8.27. The topological polar surface area (TPSA) is 62.2 Å². The Kier molecular flexibility index (Phi) is 2.12. The molecule has 0 fully saturated rings. The van der Waals surface area contributed by atoms with Gasteiger partial charge in [0, 0.05) is 0 Å². The number of nitrogens with one attached hydrogen (secondary N) is 1. The van der Waals surface area contributed by atoms with Gasteiger partial charge in [-0.15, -0.1) is 0 Å². The van der Waals surface area contributed by atoms with Crippen LogP contribution in [-0.2, 0) is 0 Å². The maximum Gasteiger partial charge on any atom is 0.293 e. The fourth-order valence-corrected chi connectivity index (χ4v) is 0.567. The highest BCUT2D eigenvalue weighted by Gasteiger charge is 2.03. The number of hydrogen-bond acceptors (Lipinski definition) is 3. The van der Waals surface area contributed by atoms with Crippen molar-refractivity contribution in [1.29, 1.82) is 0 Å². The number of halogens is 1. The van der Waals surface area contributed by atoms with E-state index in [4.69, 9.17) is 5.21 Å². The third-order valence-electron chi connectivity index (χ3n) is 1.06. The minimum atomic E-state index is -0.759. The monoisotopic (exact) mass is 156 g/mol. The smallest absolute Gasteiger partial charge is 0.288 e. The number of nitrogens with zero attached hydrogens (tertiary/aromatic N) is 1. The molecule has 0 spiro atoms. The quantitative estimate of drug-likeness (QED) is 0.455. The number of rotatable bonds is 1. The molecule has 0 radical (unpaired) electrons. The molecule has 1 rings (SSSR count). The molecule has 1 aromatic rings. The fourth-order valence-electron chi connectivity index (χ4n) is 0.567. The first kappa shape index (κ1) is 7.62. The average Bonchev–Trinajstić information content (AvgIpc) is 2.05. The summed E-state index contributed by atoms with van der Waals surface area (Å²) in [4.78, 5) is 14.0. The lowest BCUT2D eigenvalue weighted by molar-refractivity contribution is 0.0700. The van der Waals surface area contributed by atoms with Crippen LogP contribution in [0.3, 0.4) is 0 Å². The number of pyridine rings is 1. The van der Waals surface area contributed by atoms with Gasteiger partial charge in [0.15, 0.2) is 0 Å². The normalized spacial score (nSPS) is 9.27. The molecular formula is C6H5FN2O2. The molecule has 0 aliphatic carbocycles. The Bertz CT molecular complexity index is 260. The van der Waals surface area contributed by atoms with Gasteiger partial charge in [0.05, 0.1) is 6.20 Å². The molecular weight excluding hydrogens is 151 g/mol. The van der Waals surface area contributed by atoms with E-state index in [0.29, 0.717) is 0 Å². The second-order valence-corrected chi connectivity index (χ2v) is 1.80. The largest absolute Gasteiger partial charge is 0.293 e. The standard InChI is InChI=1S/C6H5FN2O2/c7-4-1-2-5(8-3-4)6(10)9-11/h1-3,11H,(H,9,10). The number of hydrogen-bond donors (Lipinski definition) is 2. The first-order chi connectivity index (χ1) is 5.24. The van der Waals surface area contributed by atoms with Crippen LogP contribution in [0.2, 0.25) is 0 Å². The molecule has 0 saturated heterocycles. The van der Waals surface area contributed by atoms with Gasteiger partial charge in [-0.1, -0.05) is 0 Å². The van der Waals surface area contributed by atoms with Crippen molar-refractivity contribution in [2.45, 2.75) is 0 Å². The van der Waals surface area contributed by atoms with Gasteiger partial charge < -0.3 is 0 Å². The predicted octanol–water partition coefficient (Wildman–Crippen LogP) is 0.340. The minimum absolute atomic E-state index is 0.0334. The summed E-state index contributed by atoms with van der Waals surface area (Å²) in [6.45, 7) is 0. The van der Waals surface area contributed by atoms with Crippen LogP contribution in [0.25, 0.3) is 0 Å². The highest BCUT2D eigenvalue weighted by atomic mass is 19.1. The Balaban J connectivity index is 2.90. The van der Waals surface area contributed by atoms with Gasteiger partial charge in [0.2, 0.25) is 0 Å².